The second-order valence-corrected chi connectivity index (χ2v) is 9.64. The van der Waals surface area contributed by atoms with Crippen molar-refractivity contribution in [1.29, 1.82) is 0 Å². The number of hydrogen-bond donors (Lipinski definition) is 1. The molecule has 0 spiro atoms. The first-order chi connectivity index (χ1) is 9.11. The van der Waals surface area contributed by atoms with Gasteiger partial charge >= 0.3 is 0 Å². The number of benzene rings is 1. The van der Waals surface area contributed by atoms with E-state index in [1.165, 1.54) is 18.2 Å². The minimum Gasteiger partial charge on any atom is -0.229 e. The van der Waals surface area contributed by atoms with Crippen molar-refractivity contribution in [3.8, 4) is 0 Å². The Hall–Kier alpha value is -0.0500. The van der Waals surface area contributed by atoms with Crippen LogP contribution in [0.1, 0.15) is 0 Å². The summed E-state index contributed by atoms with van der Waals surface area (Å²) in [5.41, 5.74) is 0. The Kier molecular flexibility index (Phi) is 4.59. The van der Waals surface area contributed by atoms with Crippen LogP contribution in [0.2, 0.25) is 10.0 Å². The van der Waals surface area contributed by atoms with Crippen LogP contribution in [-0.4, -0.2) is 39.8 Å². The van der Waals surface area contributed by atoms with E-state index in [0.717, 1.165) is 0 Å². The Morgan fingerprint density at radius 2 is 1.80 bits per heavy atom. The summed E-state index contributed by atoms with van der Waals surface area (Å²) in [4.78, 5) is -0.0972. The summed E-state index contributed by atoms with van der Waals surface area (Å²) < 4.78 is 49.4. The highest BCUT2D eigenvalue weighted by molar-refractivity contribution is 7.92. The van der Waals surface area contributed by atoms with Gasteiger partial charge in [-0.25, -0.2) is 21.6 Å². The zero-order valence-corrected chi connectivity index (χ0v) is 13.8. The average molecular weight is 379 g/mol. The van der Waals surface area contributed by atoms with Crippen LogP contribution >= 0.6 is 34.8 Å². The van der Waals surface area contributed by atoms with Gasteiger partial charge in [-0.2, -0.15) is 0 Å². The lowest BCUT2D eigenvalue weighted by Crippen LogP contribution is -2.40. The lowest BCUT2D eigenvalue weighted by atomic mass is 10.3. The Morgan fingerprint density at radius 1 is 1.15 bits per heavy atom. The molecule has 1 heterocycles. The molecule has 1 saturated heterocycles. The van der Waals surface area contributed by atoms with Gasteiger partial charge in [-0.15, -0.1) is 11.6 Å². The Bertz CT molecular complexity index is 733. The van der Waals surface area contributed by atoms with Gasteiger partial charge in [0.2, 0.25) is 10.0 Å². The number of alkyl halides is 1. The molecule has 112 valence electrons. The van der Waals surface area contributed by atoms with Crippen molar-refractivity contribution in [2.75, 3.05) is 11.5 Å². The van der Waals surface area contributed by atoms with Gasteiger partial charge in [-0.1, -0.05) is 23.2 Å². The molecule has 0 saturated carbocycles. The smallest absolute Gasteiger partial charge is 0.229 e. The second kappa shape index (κ2) is 5.62. The highest BCUT2D eigenvalue weighted by Crippen LogP contribution is 2.26. The van der Waals surface area contributed by atoms with Crippen molar-refractivity contribution < 1.29 is 16.8 Å². The molecule has 1 N–H and O–H groups in total. The molecule has 1 aliphatic rings. The molecular weight excluding hydrogens is 369 g/mol. The number of rotatable bonds is 3. The fourth-order valence-corrected chi connectivity index (χ4v) is 6.22. The minimum atomic E-state index is -3.91. The van der Waals surface area contributed by atoms with Crippen LogP contribution in [0.15, 0.2) is 23.1 Å². The summed E-state index contributed by atoms with van der Waals surface area (Å²) in [6, 6.07) is 2.96. The summed E-state index contributed by atoms with van der Waals surface area (Å²) in [5.74, 6) is -0.565. The molecule has 1 aromatic carbocycles. The summed E-state index contributed by atoms with van der Waals surface area (Å²) >= 11 is 17.3. The van der Waals surface area contributed by atoms with Crippen LogP contribution < -0.4 is 4.72 Å². The van der Waals surface area contributed by atoms with Crippen molar-refractivity contribution in [2.24, 2.45) is 0 Å². The molecule has 1 aromatic rings. The van der Waals surface area contributed by atoms with Crippen molar-refractivity contribution in [3.63, 3.8) is 0 Å². The molecular formula is C10H10Cl3NO4S2. The highest BCUT2D eigenvalue weighted by Gasteiger charge is 2.38. The molecule has 10 heteroatoms. The van der Waals surface area contributed by atoms with E-state index in [9.17, 15) is 16.8 Å². The molecule has 0 aliphatic carbocycles. The summed E-state index contributed by atoms with van der Waals surface area (Å²) in [6.45, 7) is 0. The SMILES string of the molecule is O=S1(=O)C[C@@H](Cl)[C@H](NS(=O)(=O)c2ccc(Cl)c(Cl)c2)C1. The monoisotopic (exact) mass is 377 g/mol. The Balaban J connectivity index is 2.26. The van der Waals surface area contributed by atoms with Gasteiger partial charge in [-0.05, 0) is 18.2 Å². The van der Waals surface area contributed by atoms with Gasteiger partial charge in [0.15, 0.2) is 9.84 Å². The van der Waals surface area contributed by atoms with Crippen LogP contribution in [0, 0.1) is 0 Å². The number of sulfone groups is 1. The van der Waals surface area contributed by atoms with Crippen LogP contribution in [0.25, 0.3) is 0 Å². The van der Waals surface area contributed by atoms with E-state index in [2.05, 4.69) is 4.72 Å². The van der Waals surface area contributed by atoms with Crippen molar-refractivity contribution >= 4 is 54.7 Å². The normalized spacial score (nSPS) is 25.8. The van der Waals surface area contributed by atoms with Crippen molar-refractivity contribution in [2.45, 2.75) is 16.3 Å². The molecule has 1 fully saturated rings. The first-order valence-electron chi connectivity index (χ1n) is 5.42. The third-order valence-electron chi connectivity index (χ3n) is 2.79. The largest absolute Gasteiger partial charge is 0.240 e. The molecule has 1 aliphatic heterocycles. The van der Waals surface area contributed by atoms with E-state index in [0.29, 0.717) is 0 Å². The first-order valence-corrected chi connectivity index (χ1v) is 9.92. The van der Waals surface area contributed by atoms with Crippen LogP contribution in [0.3, 0.4) is 0 Å². The van der Waals surface area contributed by atoms with Crippen LogP contribution in [0.5, 0.6) is 0 Å². The van der Waals surface area contributed by atoms with Crippen LogP contribution in [0.4, 0.5) is 0 Å². The zero-order valence-electron chi connectivity index (χ0n) is 9.88. The standard InChI is InChI=1S/C10H10Cl3NO4S2/c11-7-2-1-6(3-8(7)12)20(17,18)14-10-5-19(15,16)4-9(10)13/h1-3,9-10,14H,4-5H2/t9-,10-/m1/s1. The summed E-state index contributed by atoms with van der Waals surface area (Å²) in [6.07, 6.45) is 0. The number of nitrogens with one attached hydrogen (secondary N) is 1. The van der Waals surface area contributed by atoms with Crippen LogP contribution in [-0.2, 0) is 19.9 Å². The maximum atomic E-state index is 12.1. The predicted molar refractivity (Wildman–Crippen MR) is 78.9 cm³/mol. The predicted octanol–water partition coefficient (Wildman–Crippen LogP) is 1.68. The average Bonchev–Trinajstić information content (AvgIpc) is 2.54. The van der Waals surface area contributed by atoms with E-state index in [1.807, 2.05) is 0 Å². The lowest BCUT2D eigenvalue weighted by Gasteiger charge is -2.15. The Labute approximate surface area is 132 Å². The molecule has 0 aromatic heterocycles. The molecule has 0 radical (unpaired) electrons. The second-order valence-electron chi connectivity index (χ2n) is 4.40. The molecule has 20 heavy (non-hydrogen) atoms. The fraction of sp³-hybridized carbons (Fsp3) is 0.400. The highest BCUT2D eigenvalue weighted by atomic mass is 35.5. The molecule has 2 atom stereocenters. The molecule has 2 rings (SSSR count). The molecule has 0 unspecified atom stereocenters. The lowest BCUT2D eigenvalue weighted by molar-refractivity contribution is 0.563. The maximum absolute atomic E-state index is 12.1. The Morgan fingerprint density at radius 3 is 2.30 bits per heavy atom. The van der Waals surface area contributed by atoms with Gasteiger partial charge in [0.1, 0.15) is 0 Å². The maximum Gasteiger partial charge on any atom is 0.240 e. The van der Waals surface area contributed by atoms with Crippen molar-refractivity contribution in [3.05, 3.63) is 28.2 Å². The van der Waals surface area contributed by atoms with Gasteiger partial charge in [0.05, 0.1) is 37.9 Å². The van der Waals surface area contributed by atoms with E-state index in [1.54, 1.807) is 0 Å². The third-order valence-corrected chi connectivity index (χ3v) is 7.39. The van der Waals surface area contributed by atoms with E-state index < -0.39 is 31.3 Å². The number of sulfonamides is 1. The summed E-state index contributed by atoms with van der Waals surface area (Å²) in [7, 11) is -7.23. The van der Waals surface area contributed by atoms with Gasteiger partial charge in [0, 0.05) is 0 Å². The van der Waals surface area contributed by atoms with Gasteiger partial charge in [0.25, 0.3) is 0 Å². The first kappa shape index (κ1) is 16.3. The van der Waals surface area contributed by atoms with E-state index in [4.69, 9.17) is 34.8 Å². The quantitative estimate of drug-likeness (QED) is 0.811. The third kappa shape index (κ3) is 3.58. The molecule has 5 nitrogen and oxygen atoms in total. The molecule has 0 amide bonds. The van der Waals surface area contributed by atoms with E-state index >= 15 is 0 Å². The van der Waals surface area contributed by atoms with Crippen molar-refractivity contribution in [1.82, 2.24) is 4.72 Å². The van der Waals surface area contributed by atoms with Gasteiger partial charge < -0.3 is 0 Å². The van der Waals surface area contributed by atoms with Gasteiger partial charge in [-0.3, -0.25) is 0 Å². The summed E-state index contributed by atoms with van der Waals surface area (Å²) in [5, 5.41) is -0.474. The van der Waals surface area contributed by atoms with E-state index in [-0.39, 0.29) is 26.4 Å². The molecule has 0 bridgehead atoms. The minimum absolute atomic E-state index is 0.0935. The topological polar surface area (TPSA) is 80.3 Å². The fourth-order valence-electron chi connectivity index (χ4n) is 1.82. The number of halogens is 3. The number of hydrogen-bond acceptors (Lipinski definition) is 4. The zero-order chi connectivity index (χ0) is 15.1.